The molecule has 1 aliphatic heterocycles. The SMILES string of the molecule is CCOC(=O)C1=C(C)N=c2s/c(=C/c3cccc(OCc4ccc(C(=O)OCC)cc4)c3)c(=O)n2[C@H]1c1ccc(OCC(=O)OC)c(OCC)c1. The highest BCUT2D eigenvalue weighted by Crippen LogP contribution is 2.36. The minimum atomic E-state index is -0.888. The number of ether oxygens (including phenoxy) is 6. The van der Waals surface area contributed by atoms with Gasteiger partial charge in [-0.1, -0.05) is 41.7 Å². The Morgan fingerprint density at radius 2 is 1.61 bits per heavy atom. The Hall–Kier alpha value is -5.69. The van der Waals surface area contributed by atoms with Gasteiger partial charge in [0.1, 0.15) is 12.4 Å². The Bertz CT molecular complexity index is 2130. The molecule has 5 rings (SSSR count). The first-order valence-corrected chi connectivity index (χ1v) is 17.1. The molecule has 3 aromatic carbocycles. The maximum absolute atomic E-state index is 14.2. The number of allylic oxidation sites excluding steroid dienone is 1. The quantitative estimate of drug-likeness (QED) is 0.135. The minimum absolute atomic E-state index is 0.134. The highest BCUT2D eigenvalue weighted by atomic mass is 32.1. The Morgan fingerprint density at radius 1 is 0.863 bits per heavy atom. The number of thiazole rings is 1. The lowest BCUT2D eigenvalue weighted by Crippen LogP contribution is -2.40. The highest BCUT2D eigenvalue weighted by Gasteiger charge is 2.34. The lowest BCUT2D eigenvalue weighted by Gasteiger charge is -2.25. The molecule has 0 saturated carbocycles. The Kier molecular flexibility index (Phi) is 12.1. The molecule has 0 amide bonds. The van der Waals surface area contributed by atoms with Crippen LogP contribution in [0.5, 0.6) is 17.2 Å². The van der Waals surface area contributed by atoms with Crippen LogP contribution in [0.4, 0.5) is 0 Å². The Balaban J connectivity index is 1.49. The number of esters is 3. The maximum Gasteiger partial charge on any atom is 0.343 e. The zero-order valence-corrected chi connectivity index (χ0v) is 29.7. The van der Waals surface area contributed by atoms with Crippen molar-refractivity contribution in [1.82, 2.24) is 4.57 Å². The highest BCUT2D eigenvalue weighted by molar-refractivity contribution is 7.07. The number of carbonyl (C=O) groups excluding carboxylic acids is 3. The van der Waals surface area contributed by atoms with Crippen LogP contribution in [-0.2, 0) is 30.4 Å². The topological polar surface area (TPSA) is 141 Å². The van der Waals surface area contributed by atoms with Crippen molar-refractivity contribution in [3.63, 3.8) is 0 Å². The Morgan fingerprint density at radius 3 is 2.31 bits per heavy atom. The standard InChI is InChI=1S/C38H38N2O10S/c1-6-46-30-20-27(16-17-29(30)50-22-32(41)45-5)34-33(37(44)48-8-3)23(4)39-38-40(34)35(42)31(51-38)19-25-10-9-11-28(18-25)49-21-24-12-14-26(15-13-24)36(43)47-7-2/h9-20,34H,6-8,21-22H2,1-5H3/b31-19+/t34-/m0/s1. The van der Waals surface area contributed by atoms with E-state index >= 15 is 0 Å². The van der Waals surface area contributed by atoms with Crippen LogP contribution in [0, 0.1) is 0 Å². The molecule has 1 atom stereocenters. The molecular weight excluding hydrogens is 676 g/mol. The molecule has 2 heterocycles. The van der Waals surface area contributed by atoms with Gasteiger partial charge in [0.25, 0.3) is 5.56 Å². The van der Waals surface area contributed by atoms with Gasteiger partial charge in [0.15, 0.2) is 22.9 Å². The number of carbonyl (C=O) groups is 3. The number of hydrogen-bond acceptors (Lipinski definition) is 12. The van der Waals surface area contributed by atoms with Gasteiger partial charge in [-0.05, 0) is 86.9 Å². The van der Waals surface area contributed by atoms with Crippen molar-refractivity contribution >= 4 is 35.3 Å². The molecule has 0 fully saturated rings. The zero-order chi connectivity index (χ0) is 36.5. The molecule has 13 heteroatoms. The lowest BCUT2D eigenvalue weighted by atomic mass is 9.95. The molecule has 0 spiro atoms. The van der Waals surface area contributed by atoms with Gasteiger partial charge in [-0.15, -0.1) is 0 Å². The number of fused-ring (bicyclic) bond motifs is 1. The molecule has 1 aromatic heterocycles. The van der Waals surface area contributed by atoms with Gasteiger partial charge in [0.05, 0.1) is 54.3 Å². The summed E-state index contributed by atoms with van der Waals surface area (Å²) in [5, 5.41) is 0. The number of hydrogen-bond donors (Lipinski definition) is 0. The van der Waals surface area contributed by atoms with Gasteiger partial charge in [-0.25, -0.2) is 19.4 Å². The summed E-state index contributed by atoms with van der Waals surface area (Å²) in [6.45, 7) is 7.65. The van der Waals surface area contributed by atoms with E-state index in [0.717, 1.165) is 11.1 Å². The zero-order valence-electron chi connectivity index (χ0n) is 28.9. The molecular formula is C38H38N2O10S. The van der Waals surface area contributed by atoms with E-state index in [2.05, 4.69) is 9.73 Å². The fourth-order valence-corrected chi connectivity index (χ4v) is 6.40. The van der Waals surface area contributed by atoms with Crippen LogP contribution >= 0.6 is 11.3 Å². The number of methoxy groups -OCH3 is 1. The largest absolute Gasteiger partial charge is 0.490 e. The van der Waals surface area contributed by atoms with Gasteiger partial charge in [-0.2, -0.15) is 0 Å². The van der Waals surface area contributed by atoms with Gasteiger partial charge in [0, 0.05) is 0 Å². The van der Waals surface area contributed by atoms with Gasteiger partial charge < -0.3 is 28.4 Å². The second-order valence-electron chi connectivity index (χ2n) is 11.1. The summed E-state index contributed by atoms with van der Waals surface area (Å²) < 4.78 is 34.5. The third-order valence-corrected chi connectivity index (χ3v) is 8.68. The van der Waals surface area contributed by atoms with Crippen LogP contribution in [0.3, 0.4) is 0 Å². The van der Waals surface area contributed by atoms with Crippen molar-refractivity contribution in [2.75, 3.05) is 33.5 Å². The summed E-state index contributed by atoms with van der Waals surface area (Å²) in [5.74, 6) is -0.323. The second-order valence-corrected chi connectivity index (χ2v) is 12.1. The molecule has 51 heavy (non-hydrogen) atoms. The summed E-state index contributed by atoms with van der Waals surface area (Å²) in [5.41, 5.74) is 2.89. The third kappa shape index (κ3) is 8.55. The van der Waals surface area contributed by atoms with Crippen LogP contribution in [0.2, 0.25) is 0 Å². The van der Waals surface area contributed by atoms with E-state index < -0.39 is 18.0 Å². The first-order chi connectivity index (χ1) is 24.7. The molecule has 266 valence electrons. The van der Waals surface area contributed by atoms with E-state index in [-0.39, 0.29) is 36.9 Å². The summed E-state index contributed by atoms with van der Waals surface area (Å²) in [6, 6.07) is 18.4. The van der Waals surface area contributed by atoms with Crippen LogP contribution < -0.4 is 29.1 Å². The van der Waals surface area contributed by atoms with Crippen molar-refractivity contribution in [2.45, 2.75) is 40.3 Å². The van der Waals surface area contributed by atoms with Crippen molar-refractivity contribution in [2.24, 2.45) is 4.99 Å². The summed E-state index contributed by atoms with van der Waals surface area (Å²) in [4.78, 5) is 56.3. The molecule has 0 saturated heterocycles. The summed E-state index contributed by atoms with van der Waals surface area (Å²) in [7, 11) is 1.27. The maximum atomic E-state index is 14.2. The van der Waals surface area contributed by atoms with Crippen molar-refractivity contribution in [1.29, 1.82) is 0 Å². The smallest absolute Gasteiger partial charge is 0.343 e. The van der Waals surface area contributed by atoms with Crippen LogP contribution in [-0.4, -0.2) is 56.0 Å². The van der Waals surface area contributed by atoms with Crippen molar-refractivity contribution < 1.29 is 42.8 Å². The van der Waals surface area contributed by atoms with E-state index in [4.69, 9.17) is 23.7 Å². The van der Waals surface area contributed by atoms with Crippen LogP contribution in [0.1, 0.15) is 60.8 Å². The lowest BCUT2D eigenvalue weighted by molar-refractivity contribution is -0.143. The van der Waals surface area contributed by atoms with E-state index in [1.807, 2.05) is 24.3 Å². The molecule has 0 radical (unpaired) electrons. The van der Waals surface area contributed by atoms with Gasteiger partial charge >= 0.3 is 17.9 Å². The van der Waals surface area contributed by atoms with E-state index in [0.29, 0.717) is 56.6 Å². The molecule has 4 aromatic rings. The first-order valence-electron chi connectivity index (χ1n) is 16.3. The average Bonchev–Trinajstić information content (AvgIpc) is 3.43. The Labute approximate surface area is 298 Å². The van der Waals surface area contributed by atoms with Crippen molar-refractivity contribution in [3.05, 3.63) is 120 Å². The molecule has 0 N–H and O–H groups in total. The van der Waals surface area contributed by atoms with Crippen LogP contribution in [0.15, 0.2) is 87.8 Å². The third-order valence-electron chi connectivity index (χ3n) is 7.70. The normalized spacial score (nSPS) is 13.9. The number of rotatable bonds is 14. The summed E-state index contributed by atoms with van der Waals surface area (Å²) >= 11 is 1.20. The van der Waals surface area contributed by atoms with Gasteiger partial charge in [0.2, 0.25) is 0 Å². The monoisotopic (exact) mass is 714 g/mol. The number of aromatic nitrogens is 1. The van der Waals surface area contributed by atoms with Crippen molar-refractivity contribution in [3.8, 4) is 17.2 Å². The number of benzene rings is 3. The van der Waals surface area contributed by atoms with E-state index in [1.165, 1.54) is 23.0 Å². The molecule has 0 unspecified atom stereocenters. The molecule has 1 aliphatic rings. The molecule has 0 aliphatic carbocycles. The average molecular weight is 715 g/mol. The number of nitrogens with zero attached hydrogens (tertiary/aromatic N) is 2. The second kappa shape index (κ2) is 16.8. The summed E-state index contributed by atoms with van der Waals surface area (Å²) in [6.07, 6.45) is 1.75. The molecule has 12 nitrogen and oxygen atoms in total. The fraction of sp³-hybridized carbons (Fsp3) is 0.289. The van der Waals surface area contributed by atoms with E-state index in [1.54, 1.807) is 76.2 Å². The van der Waals surface area contributed by atoms with E-state index in [9.17, 15) is 19.2 Å². The van der Waals surface area contributed by atoms with Crippen LogP contribution in [0.25, 0.3) is 6.08 Å². The van der Waals surface area contributed by atoms with Gasteiger partial charge in [-0.3, -0.25) is 9.36 Å². The fourth-order valence-electron chi connectivity index (χ4n) is 5.35. The predicted molar refractivity (Wildman–Crippen MR) is 189 cm³/mol. The predicted octanol–water partition coefficient (Wildman–Crippen LogP) is 4.50. The molecule has 0 bridgehead atoms. The minimum Gasteiger partial charge on any atom is -0.490 e. The first kappa shape index (κ1) is 36.6.